The summed E-state index contributed by atoms with van der Waals surface area (Å²) in [6.45, 7) is 0. The molecule has 0 bridgehead atoms. The van der Waals surface area contributed by atoms with Crippen molar-refractivity contribution in [3.63, 3.8) is 0 Å². The molecule has 2 aromatic heterocycles. The molecule has 0 spiro atoms. The average Bonchev–Trinajstić information content (AvgIpc) is 3.40. The number of nitrogens with zero attached hydrogens (tertiary/aromatic N) is 4. The summed E-state index contributed by atoms with van der Waals surface area (Å²) in [5.41, 5.74) is 4.13. The van der Waals surface area contributed by atoms with Crippen molar-refractivity contribution in [1.82, 2.24) is 20.4 Å². The van der Waals surface area contributed by atoms with E-state index in [2.05, 4.69) is 37.1 Å². The number of pyridine rings is 1. The first kappa shape index (κ1) is 22.6. The third-order valence-electron chi connectivity index (χ3n) is 5.41. The van der Waals surface area contributed by atoms with Gasteiger partial charge in [-0.05, 0) is 35.9 Å². The highest BCUT2D eigenvalue weighted by Gasteiger charge is 2.20. The molecule has 0 aliphatic rings. The Kier molecular flexibility index (Phi) is 6.19. The van der Waals surface area contributed by atoms with Gasteiger partial charge in [-0.3, -0.25) is 10.1 Å². The monoisotopic (exact) mass is 503 g/mol. The van der Waals surface area contributed by atoms with Gasteiger partial charge in [-0.1, -0.05) is 58.7 Å². The minimum absolute atomic E-state index is 0.0365. The molecule has 10 heteroatoms. The normalized spacial score (nSPS) is 11.7. The number of nitriles is 1. The second-order valence-electron chi connectivity index (χ2n) is 7.65. The van der Waals surface area contributed by atoms with E-state index in [9.17, 15) is 9.65 Å². The number of hydrogen-bond donors (Lipinski definition) is 3. The summed E-state index contributed by atoms with van der Waals surface area (Å²) in [6.07, 6.45) is 3.19. The van der Waals surface area contributed by atoms with Crippen molar-refractivity contribution in [1.29, 1.82) is 5.26 Å². The van der Waals surface area contributed by atoms with Crippen molar-refractivity contribution in [2.24, 2.45) is 0 Å². The predicted molar refractivity (Wildman–Crippen MR) is 134 cm³/mol. The fourth-order valence-electron chi connectivity index (χ4n) is 3.80. The van der Waals surface area contributed by atoms with Gasteiger partial charge < -0.3 is 10.6 Å². The van der Waals surface area contributed by atoms with Gasteiger partial charge in [-0.2, -0.15) is 5.26 Å². The van der Waals surface area contributed by atoms with Gasteiger partial charge in [0.15, 0.2) is 0 Å². The number of H-pyrrole nitrogens is 1. The van der Waals surface area contributed by atoms with Gasteiger partial charge in [0.1, 0.15) is 17.6 Å². The number of aromatic nitrogens is 4. The van der Waals surface area contributed by atoms with Crippen LogP contribution in [0.25, 0.3) is 10.9 Å². The molecule has 1 atom stereocenters. The number of nitrogens with one attached hydrogen (secondary N) is 3. The highest BCUT2D eigenvalue weighted by Crippen LogP contribution is 2.37. The molecule has 5 aromatic rings. The number of rotatable bonds is 6. The van der Waals surface area contributed by atoms with Crippen LogP contribution in [-0.2, 0) is 0 Å². The van der Waals surface area contributed by atoms with E-state index in [0.29, 0.717) is 44.2 Å². The van der Waals surface area contributed by atoms with E-state index in [4.69, 9.17) is 23.2 Å². The molecular formula is C25H16Cl2FN7. The molecule has 0 unspecified atom stereocenters. The molecular weight excluding hydrogens is 488 g/mol. The van der Waals surface area contributed by atoms with Crippen molar-refractivity contribution in [2.45, 2.75) is 6.04 Å². The molecule has 0 radical (unpaired) electrons. The highest BCUT2D eigenvalue weighted by molar-refractivity contribution is 6.32. The Balaban J connectivity index is 1.64. The first-order chi connectivity index (χ1) is 17.0. The van der Waals surface area contributed by atoms with Crippen LogP contribution >= 0.6 is 23.2 Å². The maximum absolute atomic E-state index is 13.7. The van der Waals surface area contributed by atoms with Crippen molar-refractivity contribution in [3.8, 4) is 6.07 Å². The lowest BCUT2D eigenvalue weighted by Crippen LogP contribution is -2.13. The number of halogens is 3. The smallest absolute Gasteiger partial charge is 0.141 e. The van der Waals surface area contributed by atoms with E-state index in [1.165, 1.54) is 24.4 Å². The number of benzene rings is 3. The maximum Gasteiger partial charge on any atom is 0.141 e. The Labute approximate surface area is 209 Å². The topological polar surface area (TPSA) is 102 Å². The summed E-state index contributed by atoms with van der Waals surface area (Å²) >= 11 is 12.5. The molecule has 0 fully saturated rings. The Bertz CT molecular complexity index is 1550. The number of anilines is 3. The van der Waals surface area contributed by atoms with E-state index < -0.39 is 5.82 Å². The van der Waals surface area contributed by atoms with Crippen LogP contribution in [0.4, 0.5) is 21.5 Å². The summed E-state index contributed by atoms with van der Waals surface area (Å²) in [5, 5.41) is 28.2. The Hall–Kier alpha value is -4.19. The molecule has 0 amide bonds. The standard InChI is InChI=1S/C25H16Cl2FN7/c26-16-8-18-23(32-17-6-7-20(28)19(27)10-17)15(11-29)12-30-25(18)21(9-16)33-24(22-13-31-35-34-22)14-4-2-1-3-5-14/h1-10,12-13,24,33H,(H,30,32)(H,31,34,35)/t24-/m0/s1. The maximum atomic E-state index is 13.7. The SMILES string of the molecule is N#Cc1cnc2c(N[C@@H](c3ccccc3)c3c[nH]nn3)cc(Cl)cc2c1Nc1ccc(F)c(Cl)c1. The molecule has 5 rings (SSSR count). The van der Waals surface area contributed by atoms with Gasteiger partial charge in [0.05, 0.1) is 33.5 Å². The van der Waals surface area contributed by atoms with Crippen LogP contribution in [0, 0.1) is 17.1 Å². The largest absolute Gasteiger partial charge is 0.371 e. The van der Waals surface area contributed by atoms with Crippen LogP contribution in [0.1, 0.15) is 22.9 Å². The zero-order chi connectivity index (χ0) is 24.4. The third kappa shape index (κ3) is 4.60. The first-order valence-corrected chi connectivity index (χ1v) is 11.2. The van der Waals surface area contributed by atoms with E-state index >= 15 is 0 Å². The highest BCUT2D eigenvalue weighted by atomic mass is 35.5. The molecule has 7 nitrogen and oxygen atoms in total. The molecule has 0 aliphatic heterocycles. The Morgan fingerprint density at radius 2 is 1.89 bits per heavy atom. The lowest BCUT2D eigenvalue weighted by atomic mass is 10.0. The van der Waals surface area contributed by atoms with Gasteiger partial charge in [-0.15, -0.1) is 5.10 Å². The van der Waals surface area contributed by atoms with Crippen LogP contribution < -0.4 is 10.6 Å². The fraction of sp³-hybridized carbons (Fsp3) is 0.0400. The molecule has 2 heterocycles. The van der Waals surface area contributed by atoms with Crippen LogP contribution in [0.3, 0.4) is 0 Å². The second-order valence-corrected chi connectivity index (χ2v) is 8.49. The second kappa shape index (κ2) is 9.58. The summed E-state index contributed by atoms with van der Waals surface area (Å²) in [4.78, 5) is 4.54. The van der Waals surface area contributed by atoms with Crippen molar-refractivity contribution < 1.29 is 4.39 Å². The molecule has 3 N–H and O–H groups in total. The number of fused-ring (bicyclic) bond motifs is 1. The van der Waals surface area contributed by atoms with Crippen molar-refractivity contribution in [3.05, 3.63) is 106 Å². The summed E-state index contributed by atoms with van der Waals surface area (Å²) in [7, 11) is 0. The molecule has 35 heavy (non-hydrogen) atoms. The lowest BCUT2D eigenvalue weighted by molar-refractivity contribution is 0.628. The van der Waals surface area contributed by atoms with Gasteiger partial charge in [0, 0.05) is 28.5 Å². The van der Waals surface area contributed by atoms with Crippen LogP contribution in [0.2, 0.25) is 10.0 Å². The van der Waals surface area contributed by atoms with E-state index in [1.54, 1.807) is 18.3 Å². The van der Waals surface area contributed by atoms with Crippen LogP contribution in [-0.4, -0.2) is 20.4 Å². The summed E-state index contributed by atoms with van der Waals surface area (Å²) in [5.74, 6) is -0.536. The van der Waals surface area contributed by atoms with Gasteiger partial charge in [-0.25, -0.2) is 4.39 Å². The van der Waals surface area contributed by atoms with Crippen molar-refractivity contribution >= 4 is 51.2 Å². The number of hydrogen-bond acceptors (Lipinski definition) is 6. The fourth-order valence-corrected chi connectivity index (χ4v) is 4.19. The van der Waals surface area contributed by atoms with Crippen LogP contribution in [0.5, 0.6) is 0 Å². The third-order valence-corrected chi connectivity index (χ3v) is 5.92. The summed E-state index contributed by atoms with van der Waals surface area (Å²) < 4.78 is 13.7. The van der Waals surface area contributed by atoms with Gasteiger partial charge in [0.25, 0.3) is 0 Å². The lowest BCUT2D eigenvalue weighted by Gasteiger charge is -2.20. The molecule has 0 saturated carbocycles. The zero-order valence-electron chi connectivity index (χ0n) is 17.9. The van der Waals surface area contributed by atoms with E-state index in [-0.39, 0.29) is 11.1 Å². The molecule has 3 aromatic carbocycles. The predicted octanol–water partition coefficient (Wildman–Crippen LogP) is 6.62. The molecule has 172 valence electrons. The average molecular weight is 504 g/mol. The quantitative estimate of drug-likeness (QED) is 0.240. The van der Waals surface area contributed by atoms with Crippen LogP contribution in [0.15, 0.2) is 73.1 Å². The van der Waals surface area contributed by atoms with E-state index in [1.807, 2.05) is 30.3 Å². The minimum Gasteiger partial charge on any atom is -0.371 e. The molecule has 0 aliphatic carbocycles. The minimum atomic E-state index is -0.536. The Morgan fingerprint density at radius 3 is 2.60 bits per heavy atom. The van der Waals surface area contributed by atoms with Gasteiger partial charge >= 0.3 is 0 Å². The first-order valence-electron chi connectivity index (χ1n) is 10.5. The van der Waals surface area contributed by atoms with Crippen molar-refractivity contribution in [2.75, 3.05) is 10.6 Å². The Morgan fingerprint density at radius 1 is 1.06 bits per heavy atom. The van der Waals surface area contributed by atoms with Gasteiger partial charge in [0.2, 0.25) is 0 Å². The molecule has 0 saturated heterocycles. The zero-order valence-corrected chi connectivity index (χ0v) is 19.4. The number of aromatic amines is 1. The summed E-state index contributed by atoms with van der Waals surface area (Å²) in [6, 6.07) is 19.3. The van der Waals surface area contributed by atoms with E-state index in [0.717, 1.165) is 5.56 Å².